The van der Waals surface area contributed by atoms with Crippen molar-refractivity contribution in [2.45, 2.75) is 6.04 Å². The van der Waals surface area contributed by atoms with Gasteiger partial charge in [-0.3, -0.25) is 14.9 Å². The molecule has 0 radical (unpaired) electrons. The lowest BCUT2D eigenvalue weighted by atomic mass is 10.3. The molecule has 0 spiro atoms. The van der Waals surface area contributed by atoms with Crippen LogP contribution in [0.1, 0.15) is 0 Å². The highest BCUT2D eigenvalue weighted by molar-refractivity contribution is 5.79. The number of nitrogens with one attached hydrogen (secondary N) is 1. The van der Waals surface area contributed by atoms with Crippen LogP contribution in [0.25, 0.3) is 0 Å². The lowest BCUT2D eigenvalue weighted by molar-refractivity contribution is -0.384. The molecule has 0 aliphatic heterocycles. The number of ether oxygens (including phenoxy) is 1. The molecule has 0 heterocycles. The molecular formula is C10H13N3O4. The van der Waals surface area contributed by atoms with Crippen LogP contribution in [0, 0.1) is 10.1 Å². The molecule has 0 aliphatic carbocycles. The molecule has 92 valence electrons. The summed E-state index contributed by atoms with van der Waals surface area (Å²) in [5.41, 5.74) is 5.09. The minimum atomic E-state index is -0.592. The van der Waals surface area contributed by atoms with Gasteiger partial charge >= 0.3 is 0 Å². The summed E-state index contributed by atoms with van der Waals surface area (Å²) in [5, 5.41) is 13.1. The zero-order chi connectivity index (χ0) is 12.8. The van der Waals surface area contributed by atoms with E-state index in [4.69, 9.17) is 10.5 Å². The average molecular weight is 239 g/mol. The minimum absolute atomic E-state index is 0.0163. The SMILES string of the molecule is CNC(COc1ccc([N+](=O)[O-])cc1)C(N)=O. The Hall–Kier alpha value is -2.15. The number of carbonyl (C=O) groups is 1. The third kappa shape index (κ3) is 3.72. The molecular weight excluding hydrogens is 226 g/mol. The maximum atomic E-state index is 10.9. The summed E-state index contributed by atoms with van der Waals surface area (Å²) in [6.45, 7) is 0.0731. The van der Waals surface area contributed by atoms with Crippen LogP contribution in [0.4, 0.5) is 5.69 Å². The number of amides is 1. The van der Waals surface area contributed by atoms with Gasteiger partial charge in [0.2, 0.25) is 5.91 Å². The summed E-state index contributed by atoms with van der Waals surface area (Å²) < 4.78 is 5.27. The summed E-state index contributed by atoms with van der Waals surface area (Å²) in [6.07, 6.45) is 0. The van der Waals surface area contributed by atoms with Gasteiger partial charge in [-0.25, -0.2) is 0 Å². The fraction of sp³-hybridized carbons (Fsp3) is 0.300. The number of nitro benzene ring substituents is 1. The van der Waals surface area contributed by atoms with Crippen LogP contribution < -0.4 is 15.8 Å². The van der Waals surface area contributed by atoms with E-state index in [1.807, 2.05) is 0 Å². The van der Waals surface area contributed by atoms with Gasteiger partial charge in [0.25, 0.3) is 5.69 Å². The van der Waals surface area contributed by atoms with Crippen LogP contribution in [0.15, 0.2) is 24.3 Å². The second-order valence-electron chi connectivity index (χ2n) is 3.31. The smallest absolute Gasteiger partial charge is 0.269 e. The third-order valence-corrected chi connectivity index (χ3v) is 2.16. The second kappa shape index (κ2) is 5.80. The molecule has 0 fully saturated rings. The van der Waals surface area contributed by atoms with E-state index < -0.39 is 16.9 Å². The molecule has 1 aromatic rings. The summed E-state index contributed by atoms with van der Waals surface area (Å²) in [6, 6.07) is 4.99. The maximum absolute atomic E-state index is 10.9. The van der Waals surface area contributed by atoms with E-state index in [0.29, 0.717) is 5.75 Å². The fourth-order valence-corrected chi connectivity index (χ4v) is 1.15. The Morgan fingerprint density at radius 3 is 2.53 bits per heavy atom. The summed E-state index contributed by atoms with van der Waals surface area (Å²) in [4.78, 5) is 20.8. The minimum Gasteiger partial charge on any atom is -0.491 e. The predicted octanol–water partition coefficient (Wildman–Crippen LogP) is 0.0469. The van der Waals surface area contributed by atoms with Gasteiger partial charge in [0, 0.05) is 12.1 Å². The molecule has 0 aromatic heterocycles. The van der Waals surface area contributed by atoms with Crippen molar-refractivity contribution in [2.75, 3.05) is 13.7 Å². The van der Waals surface area contributed by atoms with Crippen molar-refractivity contribution in [2.24, 2.45) is 5.73 Å². The molecule has 0 aliphatic rings. The number of hydrogen-bond donors (Lipinski definition) is 2. The van der Waals surface area contributed by atoms with Crippen molar-refractivity contribution in [3.63, 3.8) is 0 Å². The fourth-order valence-electron chi connectivity index (χ4n) is 1.15. The molecule has 7 nitrogen and oxygen atoms in total. The van der Waals surface area contributed by atoms with Crippen molar-refractivity contribution < 1.29 is 14.5 Å². The highest BCUT2D eigenvalue weighted by Gasteiger charge is 2.13. The third-order valence-electron chi connectivity index (χ3n) is 2.16. The number of nitro groups is 1. The van der Waals surface area contributed by atoms with Crippen LogP contribution in [-0.2, 0) is 4.79 Å². The molecule has 1 amide bonds. The first-order valence-electron chi connectivity index (χ1n) is 4.88. The van der Waals surface area contributed by atoms with Gasteiger partial charge in [0.15, 0.2) is 0 Å². The number of nitrogens with zero attached hydrogens (tertiary/aromatic N) is 1. The molecule has 1 atom stereocenters. The van der Waals surface area contributed by atoms with Crippen LogP contribution in [0.3, 0.4) is 0 Å². The van der Waals surface area contributed by atoms with E-state index in [1.54, 1.807) is 7.05 Å². The number of hydrogen-bond acceptors (Lipinski definition) is 5. The van der Waals surface area contributed by atoms with Crippen molar-refractivity contribution in [1.82, 2.24) is 5.32 Å². The normalized spacial score (nSPS) is 11.8. The van der Waals surface area contributed by atoms with Gasteiger partial charge in [0.05, 0.1) is 4.92 Å². The van der Waals surface area contributed by atoms with Crippen molar-refractivity contribution in [1.29, 1.82) is 0 Å². The van der Waals surface area contributed by atoms with E-state index in [2.05, 4.69) is 5.32 Å². The van der Waals surface area contributed by atoms with E-state index in [1.165, 1.54) is 24.3 Å². The summed E-state index contributed by atoms with van der Waals surface area (Å²) in [5.74, 6) is -0.0773. The van der Waals surface area contributed by atoms with Crippen LogP contribution in [-0.4, -0.2) is 30.5 Å². The number of benzene rings is 1. The van der Waals surface area contributed by atoms with Crippen LogP contribution in [0.5, 0.6) is 5.75 Å². The predicted molar refractivity (Wildman–Crippen MR) is 60.6 cm³/mol. The number of rotatable bonds is 6. The Labute approximate surface area is 97.7 Å². The number of nitrogens with two attached hydrogens (primary N) is 1. The summed E-state index contributed by atoms with van der Waals surface area (Å²) in [7, 11) is 1.59. The van der Waals surface area contributed by atoms with E-state index in [-0.39, 0.29) is 12.3 Å². The Kier molecular flexibility index (Phi) is 4.41. The van der Waals surface area contributed by atoms with Gasteiger partial charge in [-0.1, -0.05) is 0 Å². The Morgan fingerprint density at radius 1 is 1.53 bits per heavy atom. The highest BCUT2D eigenvalue weighted by atomic mass is 16.6. The van der Waals surface area contributed by atoms with E-state index in [0.717, 1.165) is 0 Å². The lowest BCUT2D eigenvalue weighted by Gasteiger charge is -2.13. The van der Waals surface area contributed by atoms with Crippen molar-refractivity contribution in [3.05, 3.63) is 34.4 Å². The van der Waals surface area contributed by atoms with Gasteiger partial charge in [-0.15, -0.1) is 0 Å². The average Bonchev–Trinajstić information content (AvgIpc) is 2.30. The number of carbonyl (C=O) groups excluding carboxylic acids is 1. The molecule has 3 N–H and O–H groups in total. The molecule has 1 unspecified atom stereocenters. The first kappa shape index (κ1) is 12.9. The number of likely N-dealkylation sites (N-methyl/N-ethyl adjacent to an activating group) is 1. The Bertz CT molecular complexity index is 405. The van der Waals surface area contributed by atoms with Gasteiger partial charge in [0.1, 0.15) is 18.4 Å². The Balaban J connectivity index is 2.58. The first-order valence-corrected chi connectivity index (χ1v) is 4.88. The lowest BCUT2D eigenvalue weighted by Crippen LogP contribution is -2.43. The van der Waals surface area contributed by atoms with Gasteiger partial charge < -0.3 is 15.8 Å². The maximum Gasteiger partial charge on any atom is 0.269 e. The summed E-state index contributed by atoms with van der Waals surface area (Å²) >= 11 is 0. The standard InChI is InChI=1S/C10H13N3O4/c1-12-9(10(11)14)6-17-8-4-2-7(3-5-8)13(15)16/h2-5,9,12H,6H2,1H3,(H2,11,14). The molecule has 0 saturated carbocycles. The topological polar surface area (TPSA) is 107 Å². The second-order valence-corrected chi connectivity index (χ2v) is 3.31. The zero-order valence-electron chi connectivity index (χ0n) is 9.25. The van der Waals surface area contributed by atoms with Crippen molar-refractivity contribution in [3.8, 4) is 5.75 Å². The van der Waals surface area contributed by atoms with E-state index >= 15 is 0 Å². The molecule has 17 heavy (non-hydrogen) atoms. The highest BCUT2D eigenvalue weighted by Crippen LogP contribution is 2.17. The van der Waals surface area contributed by atoms with Crippen LogP contribution >= 0.6 is 0 Å². The largest absolute Gasteiger partial charge is 0.491 e. The molecule has 0 saturated heterocycles. The Morgan fingerprint density at radius 2 is 2.12 bits per heavy atom. The van der Waals surface area contributed by atoms with E-state index in [9.17, 15) is 14.9 Å². The van der Waals surface area contributed by atoms with Crippen molar-refractivity contribution >= 4 is 11.6 Å². The first-order chi connectivity index (χ1) is 8.04. The van der Waals surface area contributed by atoms with Gasteiger partial charge in [-0.05, 0) is 19.2 Å². The number of primary amides is 1. The quantitative estimate of drug-likeness (QED) is 0.538. The monoisotopic (exact) mass is 239 g/mol. The number of non-ortho nitro benzene ring substituents is 1. The molecule has 1 rings (SSSR count). The molecule has 0 bridgehead atoms. The molecule has 1 aromatic carbocycles. The molecule has 7 heteroatoms. The van der Waals surface area contributed by atoms with Crippen LogP contribution in [0.2, 0.25) is 0 Å². The zero-order valence-corrected chi connectivity index (χ0v) is 9.25. The van der Waals surface area contributed by atoms with Gasteiger partial charge in [-0.2, -0.15) is 0 Å².